The second kappa shape index (κ2) is 12.1. The first kappa shape index (κ1) is 21.0. The van der Waals surface area contributed by atoms with Crippen LogP contribution in [0, 0.1) is 13.8 Å². The summed E-state index contributed by atoms with van der Waals surface area (Å²) in [6, 6.07) is 6.12. The lowest BCUT2D eigenvalue weighted by atomic mass is 10.0. The number of amides is 1. The average Bonchev–Trinajstić information content (AvgIpc) is 3.13. The van der Waals surface area contributed by atoms with Crippen LogP contribution in [0.1, 0.15) is 88.2 Å². The molecule has 1 aromatic rings. The van der Waals surface area contributed by atoms with Crippen LogP contribution in [0.2, 0.25) is 0 Å². The Morgan fingerprint density at radius 1 is 1.00 bits per heavy atom. The fourth-order valence-corrected chi connectivity index (χ4v) is 3.80. The van der Waals surface area contributed by atoms with Gasteiger partial charge in [-0.25, -0.2) is 0 Å². The fraction of sp³-hybridized carbons (Fsp3) is 0.696. The van der Waals surface area contributed by atoms with Crippen molar-refractivity contribution < 1.29 is 9.53 Å². The van der Waals surface area contributed by atoms with Gasteiger partial charge in [-0.05, 0) is 50.7 Å². The molecule has 2 rings (SSSR count). The van der Waals surface area contributed by atoms with Crippen LogP contribution in [0.3, 0.4) is 0 Å². The van der Waals surface area contributed by atoms with Gasteiger partial charge in [-0.15, -0.1) is 0 Å². The van der Waals surface area contributed by atoms with E-state index in [9.17, 15) is 4.79 Å². The first-order valence-corrected chi connectivity index (χ1v) is 10.6. The lowest BCUT2D eigenvalue weighted by Gasteiger charge is -2.11. The van der Waals surface area contributed by atoms with Crippen molar-refractivity contribution >= 4 is 11.6 Å². The van der Waals surface area contributed by atoms with Gasteiger partial charge in [-0.3, -0.25) is 4.79 Å². The van der Waals surface area contributed by atoms with E-state index in [-0.39, 0.29) is 5.91 Å². The average molecular weight is 360 g/mol. The van der Waals surface area contributed by atoms with Crippen LogP contribution in [0.25, 0.3) is 0 Å². The molecule has 0 unspecified atom stereocenters. The van der Waals surface area contributed by atoms with E-state index >= 15 is 0 Å². The molecule has 0 spiro atoms. The van der Waals surface area contributed by atoms with Crippen molar-refractivity contribution in [3.05, 3.63) is 29.3 Å². The summed E-state index contributed by atoms with van der Waals surface area (Å²) in [6.07, 6.45) is 15.0. The van der Waals surface area contributed by atoms with Gasteiger partial charge in [0.1, 0.15) is 0 Å². The molecule has 1 atom stereocenters. The second-order valence-electron chi connectivity index (χ2n) is 7.82. The van der Waals surface area contributed by atoms with Gasteiger partial charge in [-0.2, -0.15) is 0 Å². The lowest BCUT2D eigenvalue weighted by molar-refractivity contribution is -0.116. The zero-order chi connectivity index (χ0) is 18.6. The van der Waals surface area contributed by atoms with Gasteiger partial charge in [-0.1, -0.05) is 63.1 Å². The number of rotatable bonds is 12. The first-order chi connectivity index (χ1) is 12.7. The molecule has 3 heteroatoms. The summed E-state index contributed by atoms with van der Waals surface area (Å²) in [6.45, 7) is 5.07. The molecule has 1 heterocycles. The maximum atomic E-state index is 12.1. The summed E-state index contributed by atoms with van der Waals surface area (Å²) < 4.78 is 5.66. The quantitative estimate of drug-likeness (QED) is 0.443. The first-order valence-electron chi connectivity index (χ1n) is 10.6. The van der Waals surface area contributed by atoms with Crippen molar-refractivity contribution in [3.63, 3.8) is 0 Å². The largest absolute Gasteiger partial charge is 0.378 e. The third-order valence-electron chi connectivity index (χ3n) is 5.45. The smallest absolute Gasteiger partial charge is 0.224 e. The molecule has 146 valence electrons. The molecular weight excluding hydrogens is 322 g/mol. The van der Waals surface area contributed by atoms with Gasteiger partial charge in [0.15, 0.2) is 0 Å². The molecule has 1 amide bonds. The minimum Gasteiger partial charge on any atom is -0.378 e. The van der Waals surface area contributed by atoms with Crippen LogP contribution in [0.4, 0.5) is 5.69 Å². The number of nitrogens with one attached hydrogen (secondary N) is 1. The highest BCUT2D eigenvalue weighted by atomic mass is 16.5. The Labute approximate surface area is 159 Å². The minimum atomic E-state index is 0.150. The maximum Gasteiger partial charge on any atom is 0.224 e. The number of aryl methyl sites for hydroxylation is 2. The van der Waals surface area contributed by atoms with Gasteiger partial charge < -0.3 is 10.1 Å². The topological polar surface area (TPSA) is 38.3 Å². The Hall–Kier alpha value is -1.35. The number of hydrogen-bond donors (Lipinski definition) is 1. The van der Waals surface area contributed by atoms with Gasteiger partial charge in [0, 0.05) is 18.7 Å². The van der Waals surface area contributed by atoms with Crippen LogP contribution in [0.5, 0.6) is 0 Å². The van der Waals surface area contributed by atoms with Gasteiger partial charge in [0.05, 0.1) is 6.10 Å². The van der Waals surface area contributed by atoms with Gasteiger partial charge in [0.25, 0.3) is 0 Å². The fourth-order valence-electron chi connectivity index (χ4n) is 3.80. The van der Waals surface area contributed by atoms with Crippen LogP contribution in [-0.4, -0.2) is 18.6 Å². The van der Waals surface area contributed by atoms with E-state index in [0.29, 0.717) is 12.5 Å². The molecule has 26 heavy (non-hydrogen) atoms. The molecular formula is C23H37NO2. The molecule has 0 saturated carbocycles. The van der Waals surface area contributed by atoms with Crippen LogP contribution < -0.4 is 5.32 Å². The van der Waals surface area contributed by atoms with Crippen molar-refractivity contribution in [2.45, 2.75) is 97.0 Å². The number of carbonyl (C=O) groups excluding carboxylic acids is 1. The maximum absolute atomic E-state index is 12.1. The zero-order valence-electron chi connectivity index (χ0n) is 16.8. The molecule has 0 radical (unpaired) electrons. The molecule has 1 fully saturated rings. The predicted molar refractivity (Wildman–Crippen MR) is 110 cm³/mol. The summed E-state index contributed by atoms with van der Waals surface area (Å²) in [4.78, 5) is 12.1. The van der Waals surface area contributed by atoms with E-state index in [2.05, 4.69) is 5.32 Å². The molecule has 1 saturated heterocycles. The van der Waals surface area contributed by atoms with E-state index in [0.717, 1.165) is 36.3 Å². The standard InChI is InChI=1S/C23H37NO2/c1-19-13-11-14-20(2)23(19)24-22(25)17-10-8-6-4-3-5-7-9-15-21-16-12-18-26-21/h11,13-14,21H,3-10,12,15-18H2,1-2H3,(H,24,25)/t21-/m0/s1. The summed E-state index contributed by atoms with van der Waals surface area (Å²) in [5.74, 6) is 0.150. The van der Waals surface area contributed by atoms with E-state index in [1.807, 2.05) is 32.0 Å². The number of anilines is 1. The van der Waals surface area contributed by atoms with E-state index in [1.54, 1.807) is 0 Å². The van der Waals surface area contributed by atoms with Crippen molar-refractivity contribution in [2.24, 2.45) is 0 Å². The van der Waals surface area contributed by atoms with Crippen LogP contribution in [0.15, 0.2) is 18.2 Å². The van der Waals surface area contributed by atoms with Crippen molar-refractivity contribution in [1.82, 2.24) is 0 Å². The Balaban J connectivity index is 1.42. The van der Waals surface area contributed by atoms with E-state index in [1.165, 1.54) is 57.8 Å². The highest BCUT2D eigenvalue weighted by molar-refractivity contribution is 5.92. The highest BCUT2D eigenvalue weighted by Gasteiger charge is 2.14. The number of ether oxygens (including phenoxy) is 1. The van der Waals surface area contributed by atoms with Crippen LogP contribution >= 0.6 is 0 Å². The van der Waals surface area contributed by atoms with Crippen molar-refractivity contribution in [1.29, 1.82) is 0 Å². The third kappa shape index (κ3) is 7.90. The van der Waals surface area contributed by atoms with Crippen molar-refractivity contribution in [2.75, 3.05) is 11.9 Å². The Morgan fingerprint density at radius 2 is 1.62 bits per heavy atom. The zero-order valence-corrected chi connectivity index (χ0v) is 16.8. The minimum absolute atomic E-state index is 0.150. The normalized spacial score (nSPS) is 16.8. The molecule has 0 aromatic heterocycles. The van der Waals surface area contributed by atoms with Crippen molar-refractivity contribution in [3.8, 4) is 0 Å². The summed E-state index contributed by atoms with van der Waals surface area (Å²) in [7, 11) is 0. The van der Waals surface area contributed by atoms with E-state index in [4.69, 9.17) is 4.74 Å². The summed E-state index contributed by atoms with van der Waals surface area (Å²) in [5, 5.41) is 3.08. The third-order valence-corrected chi connectivity index (χ3v) is 5.45. The molecule has 1 N–H and O–H groups in total. The Kier molecular flexibility index (Phi) is 9.76. The summed E-state index contributed by atoms with van der Waals surface area (Å²) >= 11 is 0. The molecule has 0 aliphatic carbocycles. The number of hydrogen-bond acceptors (Lipinski definition) is 2. The second-order valence-corrected chi connectivity index (χ2v) is 7.82. The number of benzene rings is 1. The monoisotopic (exact) mass is 359 g/mol. The Bertz CT molecular complexity index is 515. The molecule has 1 aliphatic rings. The number of para-hydroxylation sites is 1. The van der Waals surface area contributed by atoms with Gasteiger partial charge >= 0.3 is 0 Å². The lowest BCUT2D eigenvalue weighted by Crippen LogP contribution is -2.13. The predicted octanol–water partition coefficient (Wildman–Crippen LogP) is 6.32. The number of carbonyl (C=O) groups is 1. The van der Waals surface area contributed by atoms with Crippen LogP contribution in [-0.2, 0) is 9.53 Å². The molecule has 3 nitrogen and oxygen atoms in total. The Morgan fingerprint density at radius 3 is 2.23 bits per heavy atom. The highest BCUT2D eigenvalue weighted by Crippen LogP contribution is 2.21. The van der Waals surface area contributed by atoms with E-state index < -0.39 is 0 Å². The summed E-state index contributed by atoms with van der Waals surface area (Å²) in [5.41, 5.74) is 3.26. The molecule has 1 aromatic carbocycles. The number of unbranched alkanes of at least 4 members (excludes halogenated alkanes) is 7. The molecule has 1 aliphatic heterocycles. The molecule has 0 bridgehead atoms. The SMILES string of the molecule is Cc1cccc(C)c1NC(=O)CCCCCCCCCC[C@H]1CCCO1. The van der Waals surface area contributed by atoms with Gasteiger partial charge in [0.2, 0.25) is 5.91 Å².